The SMILES string of the molecule is [2H]c1c([2H])c([2H])c2c(-c3cccc4c3ccc3ccccc34)c3c([2H])c([2H])c([2H])c([2H])c3c(-c3cc(-c4ccccc4)c4oc5cc6ccccc6cc5c4c3)c2c1[2H]. The second-order valence-corrected chi connectivity index (χ2v) is 13.0. The van der Waals surface area contributed by atoms with Crippen molar-refractivity contribution in [2.24, 2.45) is 0 Å². The summed E-state index contributed by atoms with van der Waals surface area (Å²) in [7, 11) is 0. The van der Waals surface area contributed by atoms with Gasteiger partial charge in [0, 0.05) is 16.3 Å². The van der Waals surface area contributed by atoms with E-state index in [0.29, 0.717) is 27.9 Å². The molecule has 1 heteroatoms. The Kier molecular flexibility index (Phi) is 4.57. The van der Waals surface area contributed by atoms with Crippen LogP contribution >= 0.6 is 0 Å². The Bertz CT molecular complexity index is 3570. The van der Waals surface area contributed by atoms with Crippen LogP contribution in [0.4, 0.5) is 0 Å². The van der Waals surface area contributed by atoms with Crippen LogP contribution in [0.3, 0.4) is 0 Å². The van der Waals surface area contributed by atoms with E-state index in [1.54, 1.807) is 0 Å². The third kappa shape index (κ3) is 4.22. The fourth-order valence-corrected chi connectivity index (χ4v) is 7.98. The minimum absolute atomic E-state index is 0.165. The smallest absolute Gasteiger partial charge is 0.143 e. The van der Waals surface area contributed by atoms with Gasteiger partial charge in [0.1, 0.15) is 11.2 Å². The van der Waals surface area contributed by atoms with E-state index in [2.05, 4.69) is 6.07 Å². The zero-order valence-corrected chi connectivity index (χ0v) is 27.1. The van der Waals surface area contributed by atoms with Crippen LogP contribution in [0.15, 0.2) is 186 Å². The number of benzene rings is 10. The molecule has 10 aromatic carbocycles. The average molecular weight is 655 g/mol. The summed E-state index contributed by atoms with van der Waals surface area (Å²) >= 11 is 0. The van der Waals surface area contributed by atoms with Crippen molar-refractivity contribution >= 4 is 75.8 Å². The highest BCUT2D eigenvalue weighted by Gasteiger charge is 2.21. The summed E-state index contributed by atoms with van der Waals surface area (Å²) in [4.78, 5) is 0. The van der Waals surface area contributed by atoms with E-state index in [0.717, 1.165) is 54.2 Å². The van der Waals surface area contributed by atoms with Crippen LogP contribution in [-0.4, -0.2) is 0 Å². The molecule has 0 N–H and O–H groups in total. The second kappa shape index (κ2) is 10.9. The van der Waals surface area contributed by atoms with Crippen molar-refractivity contribution in [3.05, 3.63) is 182 Å². The molecule has 0 saturated heterocycles. The molecule has 0 amide bonds. The Hall–Kier alpha value is -6.70. The van der Waals surface area contributed by atoms with Gasteiger partial charge >= 0.3 is 0 Å². The van der Waals surface area contributed by atoms with Gasteiger partial charge in [0.15, 0.2) is 0 Å². The largest absolute Gasteiger partial charge is 0.455 e. The standard InChI is InChI=1S/C50H30O/c1-2-13-31(14-3-1)44-28-35(29-46-45-27-33-16-4-5-17-34(33)30-47(45)51-50(44)46)48-40-19-8-10-21-42(40)49(43-22-11-9-20-41(43)48)39-24-12-23-37-36-18-7-6-15-32(36)25-26-38(37)39/h1-30H/i8D,9D,10D,11D,19D,20D,21D,22D. The van der Waals surface area contributed by atoms with Crippen molar-refractivity contribution < 1.29 is 15.4 Å². The van der Waals surface area contributed by atoms with Gasteiger partial charge in [-0.05, 0) is 106 Å². The Morgan fingerprint density at radius 1 is 0.353 bits per heavy atom. The summed E-state index contributed by atoms with van der Waals surface area (Å²) in [6.07, 6.45) is 0. The van der Waals surface area contributed by atoms with E-state index in [9.17, 15) is 5.48 Å². The molecule has 1 nitrogen and oxygen atoms in total. The van der Waals surface area contributed by atoms with Crippen LogP contribution in [0.2, 0.25) is 0 Å². The summed E-state index contributed by atoms with van der Waals surface area (Å²) < 4.78 is 81.0. The molecule has 0 bridgehead atoms. The average Bonchev–Trinajstić information content (AvgIpc) is 3.63. The summed E-state index contributed by atoms with van der Waals surface area (Å²) in [5.74, 6) is 0. The topological polar surface area (TPSA) is 13.1 Å². The van der Waals surface area contributed by atoms with E-state index in [4.69, 9.17) is 9.90 Å². The Balaban J connectivity index is 1.39. The molecule has 0 aliphatic carbocycles. The van der Waals surface area contributed by atoms with E-state index in [-0.39, 0.29) is 51.3 Å². The normalized spacial score (nSPS) is 14.1. The van der Waals surface area contributed by atoms with Crippen molar-refractivity contribution in [1.82, 2.24) is 0 Å². The van der Waals surface area contributed by atoms with Gasteiger partial charge in [-0.15, -0.1) is 0 Å². The van der Waals surface area contributed by atoms with Crippen molar-refractivity contribution in [3.63, 3.8) is 0 Å². The highest BCUT2D eigenvalue weighted by molar-refractivity contribution is 6.26. The van der Waals surface area contributed by atoms with Crippen LogP contribution in [-0.2, 0) is 0 Å². The van der Waals surface area contributed by atoms with Gasteiger partial charge in [-0.2, -0.15) is 0 Å². The number of hydrogen-bond acceptors (Lipinski definition) is 1. The monoisotopic (exact) mass is 654 g/mol. The predicted octanol–water partition coefficient (Wildman–Crippen LogP) is 14.4. The molecular weight excluding hydrogens is 617 g/mol. The molecule has 1 aromatic heterocycles. The van der Waals surface area contributed by atoms with E-state index in [1.165, 1.54) is 0 Å². The molecule has 0 unspecified atom stereocenters. The number of hydrogen-bond donors (Lipinski definition) is 0. The zero-order chi connectivity index (χ0) is 40.4. The molecule has 11 rings (SSSR count). The maximum Gasteiger partial charge on any atom is 0.143 e. The van der Waals surface area contributed by atoms with Crippen molar-refractivity contribution in [1.29, 1.82) is 0 Å². The van der Waals surface area contributed by atoms with E-state index < -0.39 is 24.2 Å². The van der Waals surface area contributed by atoms with Crippen molar-refractivity contribution in [2.45, 2.75) is 0 Å². The molecule has 0 radical (unpaired) electrons. The molecular formula is C50H30O. The predicted molar refractivity (Wildman–Crippen MR) is 218 cm³/mol. The zero-order valence-electron chi connectivity index (χ0n) is 35.1. The molecule has 11 aromatic rings. The van der Waals surface area contributed by atoms with Gasteiger partial charge < -0.3 is 4.42 Å². The lowest BCUT2D eigenvalue weighted by molar-refractivity contribution is 0.670. The van der Waals surface area contributed by atoms with E-state index in [1.807, 2.05) is 127 Å². The number of fused-ring (bicyclic) bond motifs is 9. The molecule has 0 atom stereocenters. The summed E-state index contributed by atoms with van der Waals surface area (Å²) in [5, 5.41) is 8.01. The Morgan fingerprint density at radius 3 is 1.73 bits per heavy atom. The van der Waals surface area contributed by atoms with E-state index >= 15 is 0 Å². The van der Waals surface area contributed by atoms with Crippen LogP contribution < -0.4 is 0 Å². The summed E-state index contributed by atoms with van der Waals surface area (Å²) in [6, 6.07) is 40.5. The number of rotatable bonds is 3. The molecule has 236 valence electrons. The first kappa shape index (κ1) is 21.4. The van der Waals surface area contributed by atoms with Gasteiger partial charge in [-0.3, -0.25) is 0 Å². The first-order valence-electron chi connectivity index (χ1n) is 20.9. The van der Waals surface area contributed by atoms with Gasteiger partial charge in [0.05, 0.1) is 11.0 Å². The van der Waals surface area contributed by atoms with Gasteiger partial charge in [-0.25, -0.2) is 0 Å². The molecule has 0 fully saturated rings. The maximum atomic E-state index is 9.61. The minimum atomic E-state index is -0.441. The Labute approximate surface area is 305 Å². The van der Waals surface area contributed by atoms with Gasteiger partial charge in [-0.1, -0.05) is 158 Å². The van der Waals surface area contributed by atoms with Crippen LogP contribution in [0.25, 0.3) is 109 Å². The van der Waals surface area contributed by atoms with Gasteiger partial charge in [0.2, 0.25) is 0 Å². The van der Waals surface area contributed by atoms with Crippen LogP contribution in [0.5, 0.6) is 0 Å². The highest BCUT2D eigenvalue weighted by Crippen LogP contribution is 2.48. The highest BCUT2D eigenvalue weighted by atomic mass is 16.3. The van der Waals surface area contributed by atoms with Gasteiger partial charge in [0.25, 0.3) is 0 Å². The first-order chi connectivity index (χ1) is 28.6. The van der Waals surface area contributed by atoms with Crippen LogP contribution in [0, 0.1) is 0 Å². The lowest BCUT2D eigenvalue weighted by Crippen LogP contribution is -1.92. The Morgan fingerprint density at radius 2 is 0.980 bits per heavy atom. The minimum Gasteiger partial charge on any atom is -0.455 e. The summed E-state index contributed by atoms with van der Waals surface area (Å²) in [5.41, 5.74) is 4.60. The lowest BCUT2D eigenvalue weighted by atomic mass is 9.83. The van der Waals surface area contributed by atoms with Crippen molar-refractivity contribution in [2.75, 3.05) is 0 Å². The first-order valence-corrected chi connectivity index (χ1v) is 16.9. The fourth-order valence-electron chi connectivity index (χ4n) is 7.98. The molecule has 0 spiro atoms. The molecule has 51 heavy (non-hydrogen) atoms. The third-order valence-corrected chi connectivity index (χ3v) is 10.2. The maximum absolute atomic E-state index is 9.61. The number of furan rings is 1. The van der Waals surface area contributed by atoms with Crippen molar-refractivity contribution in [3.8, 4) is 33.4 Å². The molecule has 1 heterocycles. The lowest BCUT2D eigenvalue weighted by Gasteiger charge is -2.19. The quantitative estimate of drug-likeness (QED) is 0.136. The van der Waals surface area contributed by atoms with Crippen LogP contribution in [0.1, 0.15) is 11.0 Å². The summed E-state index contributed by atoms with van der Waals surface area (Å²) in [6.45, 7) is 0. The fraction of sp³-hybridized carbons (Fsp3) is 0. The molecule has 0 aliphatic heterocycles. The third-order valence-electron chi connectivity index (χ3n) is 10.2. The molecule has 0 aliphatic rings. The second-order valence-electron chi connectivity index (χ2n) is 13.0. The molecule has 0 saturated carbocycles.